The zero-order chi connectivity index (χ0) is 14.2. The standard InChI is InChI=1S/C15H16N2O3S/c1-18-12-4-9(5-13-14(12)20-8-19-13)15-17-11(7-21-15)6-16-10-2-3-10/h4-5,7,10,16H,2-3,6,8H2,1H3. The van der Waals surface area contributed by atoms with Crippen LogP contribution >= 0.6 is 11.3 Å². The summed E-state index contributed by atoms with van der Waals surface area (Å²) in [4.78, 5) is 4.69. The maximum Gasteiger partial charge on any atom is 0.231 e. The maximum absolute atomic E-state index is 5.46. The largest absolute Gasteiger partial charge is 0.493 e. The van der Waals surface area contributed by atoms with Gasteiger partial charge in [0.1, 0.15) is 5.01 Å². The number of fused-ring (bicyclic) bond motifs is 1. The average molecular weight is 304 g/mol. The molecule has 2 aromatic rings. The van der Waals surface area contributed by atoms with Crippen molar-refractivity contribution >= 4 is 11.3 Å². The number of nitrogens with one attached hydrogen (secondary N) is 1. The van der Waals surface area contributed by atoms with Gasteiger partial charge in [-0.2, -0.15) is 0 Å². The van der Waals surface area contributed by atoms with E-state index in [2.05, 4.69) is 15.7 Å². The van der Waals surface area contributed by atoms with Gasteiger partial charge in [-0.25, -0.2) is 4.98 Å². The van der Waals surface area contributed by atoms with Crippen molar-refractivity contribution in [3.8, 4) is 27.8 Å². The van der Waals surface area contributed by atoms with Gasteiger partial charge in [-0.3, -0.25) is 0 Å². The van der Waals surface area contributed by atoms with E-state index in [9.17, 15) is 0 Å². The van der Waals surface area contributed by atoms with Crippen LogP contribution in [-0.4, -0.2) is 24.9 Å². The van der Waals surface area contributed by atoms with Crippen LogP contribution in [0.5, 0.6) is 17.2 Å². The third kappa shape index (κ3) is 2.56. The average Bonchev–Trinajstić information content (AvgIpc) is 3.02. The van der Waals surface area contributed by atoms with Crippen molar-refractivity contribution < 1.29 is 14.2 Å². The van der Waals surface area contributed by atoms with Crippen molar-refractivity contribution in [2.24, 2.45) is 0 Å². The zero-order valence-electron chi connectivity index (χ0n) is 11.7. The summed E-state index contributed by atoms with van der Waals surface area (Å²) in [6.07, 6.45) is 2.58. The molecule has 2 heterocycles. The van der Waals surface area contributed by atoms with Gasteiger partial charge in [-0.1, -0.05) is 0 Å². The first-order valence-electron chi connectivity index (χ1n) is 6.99. The van der Waals surface area contributed by atoms with Gasteiger partial charge in [0.2, 0.25) is 12.5 Å². The van der Waals surface area contributed by atoms with Crippen LogP contribution in [-0.2, 0) is 6.54 Å². The number of ether oxygens (including phenoxy) is 3. The lowest BCUT2D eigenvalue weighted by atomic mass is 10.2. The van der Waals surface area contributed by atoms with Crippen LogP contribution in [0.25, 0.3) is 10.6 Å². The molecule has 1 aromatic heterocycles. The Kier molecular flexibility index (Phi) is 3.20. The molecule has 0 amide bonds. The van der Waals surface area contributed by atoms with Gasteiger partial charge >= 0.3 is 0 Å². The molecule has 1 saturated carbocycles. The molecule has 110 valence electrons. The topological polar surface area (TPSA) is 52.6 Å². The fourth-order valence-electron chi connectivity index (χ4n) is 2.31. The van der Waals surface area contributed by atoms with E-state index in [0.29, 0.717) is 17.5 Å². The predicted molar refractivity (Wildman–Crippen MR) is 80.1 cm³/mol. The van der Waals surface area contributed by atoms with Gasteiger partial charge in [-0.15, -0.1) is 11.3 Å². The van der Waals surface area contributed by atoms with Crippen molar-refractivity contribution in [2.45, 2.75) is 25.4 Å². The van der Waals surface area contributed by atoms with Gasteiger partial charge in [0.25, 0.3) is 0 Å². The van der Waals surface area contributed by atoms with Crippen molar-refractivity contribution in [1.82, 2.24) is 10.3 Å². The molecule has 0 saturated heterocycles. The van der Waals surface area contributed by atoms with Crippen LogP contribution in [0.1, 0.15) is 18.5 Å². The van der Waals surface area contributed by atoms with Gasteiger partial charge < -0.3 is 19.5 Å². The highest BCUT2D eigenvalue weighted by atomic mass is 32.1. The van der Waals surface area contributed by atoms with Crippen LogP contribution in [0, 0.1) is 0 Å². The number of aromatic nitrogens is 1. The van der Waals surface area contributed by atoms with Crippen molar-refractivity contribution in [3.63, 3.8) is 0 Å². The van der Waals surface area contributed by atoms with Gasteiger partial charge in [-0.05, 0) is 25.0 Å². The van der Waals surface area contributed by atoms with E-state index in [1.165, 1.54) is 12.8 Å². The molecule has 6 heteroatoms. The minimum absolute atomic E-state index is 0.240. The van der Waals surface area contributed by atoms with Crippen molar-refractivity contribution in [3.05, 3.63) is 23.2 Å². The summed E-state index contributed by atoms with van der Waals surface area (Å²) in [5, 5.41) is 6.55. The van der Waals surface area contributed by atoms with Crippen molar-refractivity contribution in [2.75, 3.05) is 13.9 Å². The molecule has 1 aromatic carbocycles. The number of rotatable bonds is 5. The summed E-state index contributed by atoms with van der Waals surface area (Å²) in [6, 6.07) is 4.60. The molecule has 1 fully saturated rings. The number of benzene rings is 1. The van der Waals surface area contributed by atoms with Crippen LogP contribution in [0.4, 0.5) is 0 Å². The summed E-state index contributed by atoms with van der Waals surface area (Å²) >= 11 is 1.64. The summed E-state index contributed by atoms with van der Waals surface area (Å²) in [5.41, 5.74) is 2.08. The minimum Gasteiger partial charge on any atom is -0.493 e. The second-order valence-electron chi connectivity index (χ2n) is 5.21. The first-order chi connectivity index (χ1) is 10.3. The molecule has 0 radical (unpaired) electrons. The number of thiazole rings is 1. The van der Waals surface area contributed by atoms with E-state index < -0.39 is 0 Å². The first-order valence-corrected chi connectivity index (χ1v) is 7.87. The lowest BCUT2D eigenvalue weighted by Crippen LogP contribution is -2.15. The Bertz CT molecular complexity index is 667. The highest BCUT2D eigenvalue weighted by Crippen LogP contribution is 2.44. The Morgan fingerprint density at radius 3 is 3.10 bits per heavy atom. The first kappa shape index (κ1) is 12.9. The molecule has 0 unspecified atom stereocenters. The number of hydrogen-bond donors (Lipinski definition) is 1. The molecule has 0 bridgehead atoms. The summed E-state index contributed by atoms with van der Waals surface area (Å²) in [7, 11) is 1.63. The highest BCUT2D eigenvalue weighted by molar-refractivity contribution is 7.13. The molecule has 0 atom stereocenters. The molecule has 0 spiro atoms. The lowest BCUT2D eigenvalue weighted by Gasteiger charge is -2.06. The van der Waals surface area contributed by atoms with Crippen LogP contribution in [0.2, 0.25) is 0 Å². The van der Waals surface area contributed by atoms with Gasteiger partial charge in [0.15, 0.2) is 11.5 Å². The van der Waals surface area contributed by atoms with E-state index in [1.807, 2.05) is 12.1 Å². The normalized spacial score (nSPS) is 16.2. The summed E-state index contributed by atoms with van der Waals surface area (Å²) < 4.78 is 16.2. The fraction of sp³-hybridized carbons (Fsp3) is 0.400. The third-order valence-electron chi connectivity index (χ3n) is 3.61. The molecular formula is C15H16N2O3S. The quantitative estimate of drug-likeness (QED) is 0.920. The fourth-order valence-corrected chi connectivity index (χ4v) is 3.12. The van der Waals surface area contributed by atoms with Crippen LogP contribution in [0.15, 0.2) is 17.5 Å². The number of nitrogens with zero attached hydrogens (tertiary/aromatic N) is 1. The monoisotopic (exact) mass is 304 g/mol. The van der Waals surface area contributed by atoms with Crippen molar-refractivity contribution in [1.29, 1.82) is 0 Å². The Morgan fingerprint density at radius 1 is 1.38 bits per heavy atom. The third-order valence-corrected chi connectivity index (χ3v) is 4.55. The molecule has 21 heavy (non-hydrogen) atoms. The number of hydrogen-bond acceptors (Lipinski definition) is 6. The van der Waals surface area contributed by atoms with Gasteiger partial charge in [0, 0.05) is 23.5 Å². The second-order valence-corrected chi connectivity index (χ2v) is 6.07. The highest BCUT2D eigenvalue weighted by Gasteiger charge is 2.22. The summed E-state index contributed by atoms with van der Waals surface area (Å²) in [5.74, 6) is 2.08. The Balaban J connectivity index is 1.60. The Morgan fingerprint density at radius 2 is 2.29 bits per heavy atom. The lowest BCUT2D eigenvalue weighted by molar-refractivity contribution is 0.171. The molecule has 1 aliphatic heterocycles. The van der Waals surface area contributed by atoms with E-state index in [0.717, 1.165) is 28.6 Å². The molecule has 1 aliphatic carbocycles. The van der Waals surface area contributed by atoms with Crippen LogP contribution in [0.3, 0.4) is 0 Å². The Hall–Kier alpha value is -1.79. The second kappa shape index (κ2) is 5.20. The predicted octanol–water partition coefficient (Wildman–Crippen LogP) is 2.80. The number of methoxy groups -OCH3 is 1. The summed E-state index contributed by atoms with van der Waals surface area (Å²) in [6.45, 7) is 1.08. The SMILES string of the molecule is COc1cc(-c2nc(CNC3CC3)cs2)cc2c1OCO2. The zero-order valence-corrected chi connectivity index (χ0v) is 12.5. The van der Waals surface area contributed by atoms with E-state index >= 15 is 0 Å². The van der Waals surface area contributed by atoms with E-state index in [1.54, 1.807) is 18.4 Å². The smallest absolute Gasteiger partial charge is 0.231 e. The minimum atomic E-state index is 0.240. The molecule has 5 nitrogen and oxygen atoms in total. The van der Waals surface area contributed by atoms with Crippen LogP contribution < -0.4 is 19.5 Å². The molecule has 1 N–H and O–H groups in total. The van der Waals surface area contributed by atoms with E-state index in [4.69, 9.17) is 14.2 Å². The van der Waals surface area contributed by atoms with E-state index in [-0.39, 0.29) is 6.79 Å². The molecule has 4 rings (SSSR count). The van der Waals surface area contributed by atoms with Gasteiger partial charge in [0.05, 0.1) is 12.8 Å². The maximum atomic E-state index is 5.46. The molecule has 2 aliphatic rings. The Labute approximate surface area is 126 Å². The molecular weight excluding hydrogens is 288 g/mol.